The third kappa shape index (κ3) is 2.67. The summed E-state index contributed by atoms with van der Waals surface area (Å²) in [6.07, 6.45) is 1.10. The molecule has 0 fully saturated rings. The van der Waals surface area contributed by atoms with Gasteiger partial charge in [-0.1, -0.05) is 0 Å². The Morgan fingerprint density at radius 2 is 1.90 bits per heavy atom. The van der Waals surface area contributed by atoms with Crippen molar-refractivity contribution in [3.05, 3.63) is 33.1 Å². The molecule has 21 heavy (non-hydrogen) atoms. The van der Waals surface area contributed by atoms with Crippen molar-refractivity contribution in [2.24, 2.45) is 14.1 Å². The largest absolute Gasteiger partial charge is 0.379 e. The van der Waals surface area contributed by atoms with Crippen LogP contribution in [-0.2, 0) is 23.6 Å². The Balaban J connectivity index is 2.56. The molecule has 0 aliphatic rings. The highest BCUT2D eigenvalue weighted by molar-refractivity contribution is 5.87. The molecule has 2 aromatic heterocycles. The highest BCUT2D eigenvalue weighted by atomic mass is 16.7. The number of aromatic nitrogens is 3. The number of nitrogens with one attached hydrogen (secondary N) is 1. The van der Waals surface area contributed by atoms with Crippen molar-refractivity contribution >= 4 is 16.7 Å². The predicted octanol–water partition coefficient (Wildman–Crippen LogP) is -0.337. The summed E-state index contributed by atoms with van der Waals surface area (Å²) in [5.41, 5.74) is 0.105. The molecule has 2 heterocycles. The number of hydrogen-bond acceptors (Lipinski definition) is 6. The van der Waals surface area contributed by atoms with Crippen molar-refractivity contribution in [3.8, 4) is 0 Å². The molecule has 114 valence electrons. The number of rotatable bonds is 5. The molecule has 0 unspecified atom stereocenters. The van der Waals surface area contributed by atoms with Gasteiger partial charge in [0.05, 0.1) is 12.2 Å². The zero-order valence-electron chi connectivity index (χ0n) is 12.4. The summed E-state index contributed by atoms with van der Waals surface area (Å²) < 4.78 is 12.6. The first kappa shape index (κ1) is 15.2. The van der Waals surface area contributed by atoms with E-state index >= 15 is 0 Å². The van der Waals surface area contributed by atoms with Crippen molar-refractivity contribution in [1.82, 2.24) is 14.1 Å². The van der Waals surface area contributed by atoms with Crippen LogP contribution in [0.3, 0.4) is 0 Å². The lowest BCUT2D eigenvalue weighted by Gasteiger charge is -2.16. The lowest BCUT2D eigenvalue weighted by Crippen LogP contribution is -2.37. The summed E-state index contributed by atoms with van der Waals surface area (Å²) in [4.78, 5) is 28.3. The molecule has 2 rings (SSSR count). The molecule has 0 atom stereocenters. The molecule has 0 aliphatic heterocycles. The summed E-state index contributed by atoms with van der Waals surface area (Å²) in [5, 5.41) is 3.44. The van der Waals surface area contributed by atoms with Crippen molar-refractivity contribution in [1.29, 1.82) is 0 Å². The van der Waals surface area contributed by atoms with Crippen LogP contribution in [0.4, 0.5) is 5.69 Å². The molecule has 0 saturated carbocycles. The average molecular weight is 294 g/mol. The van der Waals surface area contributed by atoms with Crippen LogP contribution in [0, 0.1) is 0 Å². The van der Waals surface area contributed by atoms with E-state index in [1.807, 2.05) is 0 Å². The van der Waals surface area contributed by atoms with Crippen molar-refractivity contribution < 1.29 is 9.47 Å². The van der Waals surface area contributed by atoms with E-state index in [4.69, 9.17) is 9.47 Å². The molecule has 0 aliphatic carbocycles. The minimum Gasteiger partial charge on any atom is -0.379 e. The van der Waals surface area contributed by atoms with Crippen molar-refractivity contribution in [2.45, 2.75) is 6.29 Å². The first-order valence-corrected chi connectivity index (χ1v) is 6.35. The molecule has 1 N–H and O–H groups in total. The molecule has 2 aromatic rings. The number of hydrogen-bond donors (Lipinski definition) is 1. The van der Waals surface area contributed by atoms with Gasteiger partial charge in [-0.3, -0.25) is 13.9 Å². The van der Waals surface area contributed by atoms with Gasteiger partial charge in [0.25, 0.3) is 5.56 Å². The van der Waals surface area contributed by atoms with Crippen LogP contribution in [-0.4, -0.2) is 41.2 Å². The number of anilines is 1. The number of pyridine rings is 1. The summed E-state index contributed by atoms with van der Waals surface area (Å²) in [6.45, 7) is 0.359. The van der Waals surface area contributed by atoms with Gasteiger partial charge >= 0.3 is 5.69 Å². The van der Waals surface area contributed by atoms with E-state index in [1.54, 1.807) is 13.1 Å². The molecular formula is C13H18N4O4. The molecule has 0 saturated heterocycles. The van der Waals surface area contributed by atoms with Crippen LogP contribution >= 0.6 is 0 Å². The van der Waals surface area contributed by atoms with Crippen LogP contribution < -0.4 is 16.6 Å². The molecule has 0 aromatic carbocycles. The Bertz CT molecular complexity index is 761. The van der Waals surface area contributed by atoms with E-state index in [-0.39, 0.29) is 0 Å². The van der Waals surface area contributed by atoms with Gasteiger partial charge < -0.3 is 14.8 Å². The van der Waals surface area contributed by atoms with Gasteiger partial charge in [-0.05, 0) is 6.07 Å². The van der Waals surface area contributed by atoms with Gasteiger partial charge in [0.2, 0.25) is 0 Å². The van der Waals surface area contributed by atoms with Gasteiger partial charge in [-0.2, -0.15) is 0 Å². The fraction of sp³-hybridized carbons (Fsp3) is 0.462. The molecule has 0 bridgehead atoms. The smallest absolute Gasteiger partial charge is 0.332 e. The Kier molecular flexibility index (Phi) is 4.39. The van der Waals surface area contributed by atoms with Crippen LogP contribution in [0.15, 0.2) is 21.9 Å². The van der Waals surface area contributed by atoms with E-state index in [0.29, 0.717) is 23.3 Å². The minimum absolute atomic E-state index is 0.333. The zero-order valence-corrected chi connectivity index (χ0v) is 12.4. The summed E-state index contributed by atoms with van der Waals surface area (Å²) in [5.74, 6) is 0. The van der Waals surface area contributed by atoms with Crippen LogP contribution in [0.25, 0.3) is 11.0 Å². The van der Waals surface area contributed by atoms with E-state index < -0.39 is 17.5 Å². The second-order valence-corrected chi connectivity index (χ2v) is 4.54. The van der Waals surface area contributed by atoms with Gasteiger partial charge in [0, 0.05) is 34.5 Å². The maximum atomic E-state index is 12.3. The van der Waals surface area contributed by atoms with Gasteiger partial charge in [-0.15, -0.1) is 0 Å². The van der Waals surface area contributed by atoms with Crippen molar-refractivity contribution in [3.63, 3.8) is 0 Å². The normalized spacial score (nSPS) is 11.3. The molecule has 0 radical (unpaired) electrons. The monoisotopic (exact) mass is 294 g/mol. The van der Waals surface area contributed by atoms with Crippen LogP contribution in [0.5, 0.6) is 0 Å². The SMILES string of the molecule is COC(CNc1ccnc2c1c(=O)n(C)c(=O)n2C)OC. The molecule has 0 amide bonds. The van der Waals surface area contributed by atoms with E-state index in [1.165, 1.54) is 32.0 Å². The highest BCUT2D eigenvalue weighted by Crippen LogP contribution is 2.16. The lowest BCUT2D eigenvalue weighted by atomic mass is 10.2. The minimum atomic E-state index is -0.440. The zero-order chi connectivity index (χ0) is 15.6. The van der Waals surface area contributed by atoms with Crippen LogP contribution in [0.2, 0.25) is 0 Å². The lowest BCUT2D eigenvalue weighted by molar-refractivity contribution is -0.0913. The number of fused-ring (bicyclic) bond motifs is 1. The van der Waals surface area contributed by atoms with E-state index in [9.17, 15) is 9.59 Å². The first-order valence-electron chi connectivity index (χ1n) is 6.35. The van der Waals surface area contributed by atoms with E-state index in [2.05, 4.69) is 10.3 Å². The Morgan fingerprint density at radius 1 is 1.24 bits per heavy atom. The Labute approximate surface area is 120 Å². The summed E-state index contributed by atoms with van der Waals surface area (Å²) in [7, 11) is 6.08. The third-order valence-corrected chi connectivity index (χ3v) is 3.33. The second-order valence-electron chi connectivity index (χ2n) is 4.54. The average Bonchev–Trinajstić information content (AvgIpc) is 2.51. The highest BCUT2D eigenvalue weighted by Gasteiger charge is 2.14. The van der Waals surface area contributed by atoms with Gasteiger partial charge in [-0.25, -0.2) is 9.78 Å². The maximum Gasteiger partial charge on any atom is 0.332 e. The predicted molar refractivity (Wildman–Crippen MR) is 78.5 cm³/mol. The summed E-state index contributed by atoms with van der Waals surface area (Å²) >= 11 is 0. The maximum absolute atomic E-state index is 12.3. The van der Waals surface area contributed by atoms with E-state index in [0.717, 1.165) is 4.57 Å². The fourth-order valence-corrected chi connectivity index (χ4v) is 2.09. The third-order valence-electron chi connectivity index (χ3n) is 3.33. The standard InChI is InChI=1S/C13H18N4O4/c1-16-11-10(12(18)17(2)13(16)19)8(5-6-14-11)15-7-9(20-3)21-4/h5-6,9H,7H2,1-4H3,(H,14,15). The number of ether oxygens (including phenoxy) is 2. The summed E-state index contributed by atoms with van der Waals surface area (Å²) in [6, 6.07) is 1.68. The molecular weight excluding hydrogens is 276 g/mol. The molecule has 8 nitrogen and oxygen atoms in total. The van der Waals surface area contributed by atoms with Gasteiger partial charge in [0.15, 0.2) is 11.9 Å². The number of aryl methyl sites for hydroxylation is 1. The quantitative estimate of drug-likeness (QED) is 0.759. The van der Waals surface area contributed by atoms with Crippen LogP contribution in [0.1, 0.15) is 0 Å². The number of methoxy groups -OCH3 is 2. The fourth-order valence-electron chi connectivity index (χ4n) is 2.09. The molecule has 8 heteroatoms. The first-order chi connectivity index (χ1) is 10.0. The van der Waals surface area contributed by atoms with Gasteiger partial charge in [0.1, 0.15) is 5.39 Å². The van der Waals surface area contributed by atoms with Crippen molar-refractivity contribution in [2.75, 3.05) is 26.1 Å². The Morgan fingerprint density at radius 3 is 2.52 bits per heavy atom. The second kappa shape index (κ2) is 6.06. The molecule has 0 spiro atoms. The topological polar surface area (TPSA) is 87.4 Å². The Hall–Kier alpha value is -2.19. The number of nitrogens with zero attached hydrogens (tertiary/aromatic N) is 3.